The first-order valence-electron chi connectivity index (χ1n) is 12.4. The van der Waals surface area contributed by atoms with E-state index in [9.17, 15) is 9.59 Å². The molecule has 1 aliphatic heterocycles. The second-order valence-corrected chi connectivity index (χ2v) is 9.39. The molecular weight excluding hydrogens is 522 g/mol. The van der Waals surface area contributed by atoms with Gasteiger partial charge in [0.1, 0.15) is 23.8 Å². The monoisotopic (exact) mass is 547 g/mol. The van der Waals surface area contributed by atoms with Crippen LogP contribution in [0.4, 0.5) is 0 Å². The van der Waals surface area contributed by atoms with Gasteiger partial charge >= 0.3 is 0 Å². The highest BCUT2D eigenvalue weighted by molar-refractivity contribution is 6.30. The Labute approximate surface area is 230 Å². The third-order valence-electron chi connectivity index (χ3n) is 6.20. The number of hydrogen-bond donors (Lipinski definition) is 0. The van der Waals surface area contributed by atoms with Crippen molar-refractivity contribution in [2.24, 2.45) is 0 Å². The Morgan fingerprint density at radius 2 is 2.03 bits per heavy atom. The number of benzene rings is 2. The van der Waals surface area contributed by atoms with Gasteiger partial charge in [-0.3, -0.25) is 14.6 Å². The minimum atomic E-state index is -0.753. The molecule has 4 aromatic rings. The van der Waals surface area contributed by atoms with Crippen molar-refractivity contribution < 1.29 is 28.2 Å². The molecule has 2 aromatic carbocycles. The summed E-state index contributed by atoms with van der Waals surface area (Å²) in [6.45, 7) is 3.34. The lowest BCUT2D eigenvalue weighted by molar-refractivity contribution is -0.177. The van der Waals surface area contributed by atoms with Gasteiger partial charge in [0.05, 0.1) is 24.4 Å². The zero-order chi connectivity index (χ0) is 27.2. The molecule has 0 bridgehead atoms. The predicted molar refractivity (Wildman–Crippen MR) is 142 cm³/mol. The third kappa shape index (κ3) is 6.63. The van der Waals surface area contributed by atoms with Crippen molar-refractivity contribution in [2.45, 2.75) is 26.2 Å². The first-order chi connectivity index (χ1) is 19.0. The molecule has 1 atom stereocenters. The van der Waals surface area contributed by atoms with Crippen LogP contribution >= 0.6 is 11.6 Å². The van der Waals surface area contributed by atoms with Crippen molar-refractivity contribution in [2.75, 3.05) is 19.7 Å². The molecule has 1 saturated heterocycles. The van der Waals surface area contributed by atoms with Crippen LogP contribution in [0, 0.1) is 6.92 Å². The number of rotatable bonds is 9. The first kappa shape index (κ1) is 26.4. The van der Waals surface area contributed by atoms with E-state index in [4.69, 9.17) is 30.2 Å². The smallest absolute Gasteiger partial charge is 0.295 e. The number of nitrogens with zero attached hydrogens (tertiary/aromatic N) is 3. The van der Waals surface area contributed by atoms with E-state index in [0.717, 1.165) is 22.6 Å². The first-order valence-corrected chi connectivity index (χ1v) is 12.7. The normalized spacial score (nSPS) is 15.1. The summed E-state index contributed by atoms with van der Waals surface area (Å²) in [7, 11) is 0. The average molecular weight is 548 g/mol. The van der Waals surface area contributed by atoms with Gasteiger partial charge in [-0.2, -0.15) is 0 Å². The van der Waals surface area contributed by atoms with Crippen LogP contribution in [0.25, 0.3) is 11.3 Å². The highest BCUT2D eigenvalue weighted by atomic mass is 35.5. The van der Waals surface area contributed by atoms with E-state index < -0.39 is 6.29 Å². The second kappa shape index (κ2) is 12.1. The molecule has 1 aliphatic rings. The highest BCUT2D eigenvalue weighted by Crippen LogP contribution is 2.27. The molecule has 2 aromatic heterocycles. The molecule has 10 heteroatoms. The van der Waals surface area contributed by atoms with Crippen molar-refractivity contribution in [3.63, 3.8) is 0 Å². The van der Waals surface area contributed by atoms with Crippen molar-refractivity contribution in [1.82, 2.24) is 14.9 Å². The quantitative estimate of drug-likeness (QED) is 0.274. The zero-order valence-electron chi connectivity index (χ0n) is 21.2. The third-order valence-corrected chi connectivity index (χ3v) is 6.44. The number of pyridine rings is 1. The standard InChI is InChI=1S/C29H26ClN3O6/c1-19-28(32-26(39-19)14-20-3-2-4-23(30)13-20)21-6-9-25(10-7-21)37-17-24-8-5-22(15-31-24)29(35)33-11-12-36-27(16-33)38-18-34/h2-10,13,15,18,27H,11-12,14,16-17H2,1H3/t27-/m0/s1. The summed E-state index contributed by atoms with van der Waals surface area (Å²) in [5, 5.41) is 0.680. The zero-order valence-corrected chi connectivity index (χ0v) is 22.0. The number of halogens is 1. The number of aromatic nitrogens is 2. The van der Waals surface area contributed by atoms with Crippen LogP contribution < -0.4 is 4.74 Å². The van der Waals surface area contributed by atoms with E-state index in [2.05, 4.69) is 9.97 Å². The number of oxazole rings is 1. The summed E-state index contributed by atoms with van der Waals surface area (Å²) in [6.07, 6.45) is 1.32. The molecule has 1 fully saturated rings. The number of amides is 1. The molecule has 0 radical (unpaired) electrons. The minimum Gasteiger partial charge on any atom is -0.487 e. The van der Waals surface area contributed by atoms with Gasteiger partial charge in [-0.1, -0.05) is 23.7 Å². The number of morpholine rings is 1. The lowest BCUT2D eigenvalue weighted by atomic mass is 10.1. The topological polar surface area (TPSA) is 104 Å². The van der Waals surface area contributed by atoms with E-state index in [1.165, 1.54) is 6.20 Å². The van der Waals surface area contributed by atoms with Crippen molar-refractivity contribution in [3.05, 3.63) is 100 Å². The molecule has 1 amide bonds. The van der Waals surface area contributed by atoms with Gasteiger partial charge in [-0.15, -0.1) is 0 Å². The maximum Gasteiger partial charge on any atom is 0.295 e. The van der Waals surface area contributed by atoms with Gasteiger partial charge in [-0.25, -0.2) is 4.98 Å². The SMILES string of the molecule is Cc1oc(Cc2cccc(Cl)c2)nc1-c1ccc(OCc2ccc(C(=O)N3CCO[C@@H](OC=O)C3)cn2)cc1. The van der Waals surface area contributed by atoms with Gasteiger partial charge in [0, 0.05) is 29.7 Å². The Hall–Kier alpha value is -4.21. The molecule has 5 rings (SSSR count). The Kier molecular flexibility index (Phi) is 8.19. The van der Waals surface area contributed by atoms with E-state index in [1.54, 1.807) is 17.0 Å². The molecule has 0 spiro atoms. The van der Waals surface area contributed by atoms with Gasteiger partial charge in [-0.05, 0) is 61.0 Å². The van der Waals surface area contributed by atoms with Gasteiger partial charge in [0.25, 0.3) is 12.4 Å². The average Bonchev–Trinajstić information content (AvgIpc) is 3.32. The maximum absolute atomic E-state index is 12.8. The Morgan fingerprint density at radius 1 is 1.18 bits per heavy atom. The fourth-order valence-corrected chi connectivity index (χ4v) is 4.46. The predicted octanol–water partition coefficient (Wildman–Crippen LogP) is 4.84. The lowest BCUT2D eigenvalue weighted by Gasteiger charge is -2.31. The number of ether oxygens (including phenoxy) is 3. The fourth-order valence-electron chi connectivity index (χ4n) is 4.25. The largest absolute Gasteiger partial charge is 0.487 e. The van der Waals surface area contributed by atoms with Crippen molar-refractivity contribution >= 4 is 24.0 Å². The highest BCUT2D eigenvalue weighted by Gasteiger charge is 2.26. The van der Waals surface area contributed by atoms with Crippen LogP contribution in [0.5, 0.6) is 5.75 Å². The summed E-state index contributed by atoms with van der Waals surface area (Å²) in [5.41, 5.74) is 3.85. The van der Waals surface area contributed by atoms with Crippen molar-refractivity contribution in [3.8, 4) is 17.0 Å². The summed E-state index contributed by atoms with van der Waals surface area (Å²) in [4.78, 5) is 33.9. The van der Waals surface area contributed by atoms with Crippen molar-refractivity contribution in [1.29, 1.82) is 0 Å². The van der Waals surface area contributed by atoms with E-state index in [-0.39, 0.29) is 19.1 Å². The molecule has 9 nitrogen and oxygen atoms in total. The molecule has 0 saturated carbocycles. The number of aryl methyl sites for hydroxylation is 1. The van der Waals surface area contributed by atoms with Crippen LogP contribution in [0.2, 0.25) is 5.02 Å². The van der Waals surface area contributed by atoms with Gasteiger partial charge in [0.2, 0.25) is 6.29 Å². The molecule has 39 heavy (non-hydrogen) atoms. The van der Waals surface area contributed by atoms with E-state index in [0.29, 0.717) is 54.0 Å². The molecular formula is C29H26ClN3O6. The Morgan fingerprint density at radius 3 is 2.77 bits per heavy atom. The maximum atomic E-state index is 12.8. The Balaban J connectivity index is 1.16. The number of carbonyl (C=O) groups is 2. The van der Waals surface area contributed by atoms with Crippen LogP contribution in [0.1, 0.15) is 33.3 Å². The summed E-state index contributed by atoms with van der Waals surface area (Å²) in [6, 6.07) is 18.7. The second-order valence-electron chi connectivity index (χ2n) is 8.95. The fraction of sp³-hybridized carbons (Fsp3) is 0.241. The molecule has 0 N–H and O–H groups in total. The number of hydrogen-bond acceptors (Lipinski definition) is 8. The summed E-state index contributed by atoms with van der Waals surface area (Å²) >= 11 is 6.09. The van der Waals surface area contributed by atoms with E-state index in [1.807, 2.05) is 55.5 Å². The Bertz CT molecular complexity index is 1440. The van der Waals surface area contributed by atoms with Crippen LogP contribution in [-0.4, -0.2) is 53.2 Å². The van der Waals surface area contributed by atoms with E-state index >= 15 is 0 Å². The molecule has 0 unspecified atom stereocenters. The van der Waals surface area contributed by atoms with Gasteiger partial charge in [0.15, 0.2) is 5.89 Å². The van der Waals surface area contributed by atoms with Crippen LogP contribution in [-0.2, 0) is 27.3 Å². The molecule has 200 valence electrons. The van der Waals surface area contributed by atoms with Crippen LogP contribution in [0.3, 0.4) is 0 Å². The van der Waals surface area contributed by atoms with Gasteiger partial charge < -0.3 is 23.5 Å². The lowest BCUT2D eigenvalue weighted by Crippen LogP contribution is -2.46. The number of carbonyl (C=O) groups excluding carboxylic acids is 2. The van der Waals surface area contributed by atoms with Crippen LogP contribution in [0.15, 0.2) is 71.3 Å². The summed E-state index contributed by atoms with van der Waals surface area (Å²) < 4.78 is 21.9. The molecule has 3 heterocycles. The minimum absolute atomic E-state index is 0.176. The summed E-state index contributed by atoms with van der Waals surface area (Å²) in [5.74, 6) is 1.84. The molecule has 0 aliphatic carbocycles.